The van der Waals surface area contributed by atoms with Gasteiger partial charge in [-0.25, -0.2) is 4.18 Å². The van der Waals surface area contributed by atoms with E-state index in [4.69, 9.17) is 23.5 Å². The number of aliphatic hydroxyl groups is 3. The normalized spacial score (nSPS) is 22.0. The number of carbonyl (C=O) groups is 1. The van der Waals surface area contributed by atoms with Gasteiger partial charge >= 0.3 is 16.4 Å². The Morgan fingerprint density at radius 1 is 0.750 bits per heavy atom. The Morgan fingerprint density at radius 2 is 1.33 bits per heavy atom. The first-order chi connectivity index (χ1) is 25.1. The fraction of sp³-hybridized carbons (Fsp3) is 0.769. The van der Waals surface area contributed by atoms with Crippen LogP contribution in [-0.4, -0.2) is 97.5 Å². The van der Waals surface area contributed by atoms with Crippen LogP contribution >= 0.6 is 0 Å². The van der Waals surface area contributed by atoms with E-state index in [-0.39, 0.29) is 19.6 Å². The molecule has 4 N–H and O–H groups in total. The predicted molar refractivity (Wildman–Crippen MR) is 202 cm³/mol. The van der Waals surface area contributed by atoms with Crippen LogP contribution in [0, 0.1) is 0 Å². The van der Waals surface area contributed by atoms with E-state index in [0.717, 1.165) is 70.6 Å². The maximum absolute atomic E-state index is 12.7. The molecule has 302 valence electrons. The SMILES string of the molecule is CC/C=C\C/C=C\C/C=C\C/C=C\CCCCCOCC(COC1OC(CO)C(O)C(OS(=O)(=O)O)C1O)OC(=O)CCCCCCCCCCC. The molecule has 1 fully saturated rings. The number of esters is 1. The van der Waals surface area contributed by atoms with Crippen molar-refractivity contribution in [3.8, 4) is 0 Å². The maximum Gasteiger partial charge on any atom is 0.397 e. The smallest absolute Gasteiger partial charge is 0.397 e. The summed E-state index contributed by atoms with van der Waals surface area (Å²) in [4.78, 5) is 12.7. The summed E-state index contributed by atoms with van der Waals surface area (Å²) in [5.41, 5.74) is 0. The minimum Gasteiger partial charge on any atom is -0.457 e. The van der Waals surface area contributed by atoms with Crippen LogP contribution in [0.25, 0.3) is 0 Å². The van der Waals surface area contributed by atoms with Gasteiger partial charge in [0, 0.05) is 13.0 Å². The third-order valence-electron chi connectivity index (χ3n) is 8.47. The lowest BCUT2D eigenvalue weighted by atomic mass is 9.99. The van der Waals surface area contributed by atoms with E-state index in [2.05, 4.69) is 66.6 Å². The average Bonchev–Trinajstić information content (AvgIpc) is 3.11. The number of hydrogen-bond donors (Lipinski definition) is 4. The number of aliphatic hydroxyl groups excluding tert-OH is 3. The van der Waals surface area contributed by atoms with Crippen molar-refractivity contribution in [2.75, 3.05) is 26.4 Å². The van der Waals surface area contributed by atoms with Crippen molar-refractivity contribution in [1.82, 2.24) is 0 Å². The Bertz CT molecular complexity index is 1110. The van der Waals surface area contributed by atoms with Crippen molar-refractivity contribution in [3.63, 3.8) is 0 Å². The van der Waals surface area contributed by atoms with E-state index < -0.39 is 59.8 Å². The van der Waals surface area contributed by atoms with Crippen LogP contribution in [0.15, 0.2) is 48.6 Å². The van der Waals surface area contributed by atoms with Crippen molar-refractivity contribution >= 4 is 16.4 Å². The first-order valence-corrected chi connectivity index (χ1v) is 20.8. The minimum atomic E-state index is -5.06. The summed E-state index contributed by atoms with van der Waals surface area (Å²) in [6.45, 7) is 3.74. The molecule has 6 atom stereocenters. The van der Waals surface area contributed by atoms with Crippen molar-refractivity contribution < 1.29 is 56.2 Å². The molecule has 0 bridgehead atoms. The molecule has 0 spiro atoms. The van der Waals surface area contributed by atoms with Gasteiger partial charge in [0.1, 0.15) is 30.5 Å². The molecule has 0 saturated carbocycles. The molecular weight excluding hydrogens is 692 g/mol. The second-order valence-electron chi connectivity index (χ2n) is 13.1. The highest BCUT2D eigenvalue weighted by atomic mass is 32.3. The molecule has 0 aromatic carbocycles. The molecule has 0 radical (unpaired) electrons. The summed E-state index contributed by atoms with van der Waals surface area (Å²) in [5, 5.41) is 30.5. The van der Waals surface area contributed by atoms with Crippen LogP contribution < -0.4 is 0 Å². The number of unbranched alkanes of at least 4 members (excludes halogenated alkanes) is 11. The van der Waals surface area contributed by atoms with Crippen molar-refractivity contribution in [2.45, 2.75) is 166 Å². The minimum absolute atomic E-state index is 0.0141. The Morgan fingerprint density at radius 3 is 1.92 bits per heavy atom. The monoisotopic (exact) mass is 760 g/mol. The van der Waals surface area contributed by atoms with Gasteiger partial charge in [0.25, 0.3) is 0 Å². The summed E-state index contributed by atoms with van der Waals surface area (Å²) >= 11 is 0. The molecule has 6 unspecified atom stereocenters. The third-order valence-corrected chi connectivity index (χ3v) is 8.93. The number of allylic oxidation sites excluding steroid dienone is 8. The topological polar surface area (TPSA) is 178 Å². The van der Waals surface area contributed by atoms with Gasteiger partial charge in [0.2, 0.25) is 0 Å². The van der Waals surface area contributed by atoms with Gasteiger partial charge in [-0.15, -0.1) is 0 Å². The Hall–Kier alpha value is -1.94. The van der Waals surface area contributed by atoms with Gasteiger partial charge in [-0.2, -0.15) is 8.42 Å². The van der Waals surface area contributed by atoms with Crippen molar-refractivity contribution in [1.29, 1.82) is 0 Å². The second-order valence-corrected chi connectivity index (χ2v) is 14.2. The Balaban J connectivity index is 2.52. The third kappa shape index (κ3) is 25.1. The van der Waals surface area contributed by atoms with Crippen molar-refractivity contribution in [2.24, 2.45) is 0 Å². The number of carbonyl (C=O) groups excluding carboxylic acids is 1. The van der Waals surface area contributed by atoms with E-state index in [1.807, 2.05) is 0 Å². The maximum atomic E-state index is 12.7. The zero-order valence-corrected chi connectivity index (χ0v) is 32.4. The summed E-state index contributed by atoms with van der Waals surface area (Å²) in [7, 11) is -5.06. The zero-order valence-electron chi connectivity index (χ0n) is 31.6. The van der Waals surface area contributed by atoms with E-state index in [1.54, 1.807) is 0 Å². The summed E-state index contributed by atoms with van der Waals surface area (Å²) in [6, 6.07) is 0. The van der Waals surface area contributed by atoms with E-state index in [0.29, 0.717) is 13.0 Å². The molecule has 0 amide bonds. The molecule has 1 saturated heterocycles. The van der Waals surface area contributed by atoms with Gasteiger partial charge in [0.05, 0.1) is 19.8 Å². The first kappa shape index (κ1) is 48.1. The Kier molecular flexibility index (Phi) is 29.0. The summed E-state index contributed by atoms with van der Waals surface area (Å²) in [6.07, 6.45) is 26.0. The first-order valence-electron chi connectivity index (χ1n) is 19.4. The van der Waals surface area contributed by atoms with Gasteiger partial charge in [-0.05, 0) is 51.4 Å². The highest BCUT2D eigenvalue weighted by molar-refractivity contribution is 7.80. The molecule has 1 aliphatic rings. The van der Waals surface area contributed by atoms with E-state index >= 15 is 0 Å². The standard InChI is InChI=1S/C39H68O12S/c1-3-5-7-9-11-13-14-15-16-17-18-19-21-23-25-27-29-47-31-33(49-35(41)28-26-24-22-20-12-10-8-6-4-2)32-48-39-37(43)38(51-52(44,45)46)36(42)34(30-40)50-39/h5,7,11,13,15-16,18-19,33-34,36-40,42-43H,3-4,6,8-10,12,14,17,20-32H2,1-2H3,(H,44,45,46)/b7-5-,13-11-,16-15-,19-18-. The van der Waals surface area contributed by atoms with Crippen LogP contribution in [0.4, 0.5) is 0 Å². The van der Waals surface area contributed by atoms with Crippen LogP contribution in [0.2, 0.25) is 0 Å². The summed E-state index contributed by atoms with van der Waals surface area (Å²) in [5.74, 6) is -0.417. The highest BCUT2D eigenvalue weighted by Gasteiger charge is 2.48. The molecular formula is C39H68O12S. The molecule has 1 heterocycles. The molecule has 0 aliphatic carbocycles. The van der Waals surface area contributed by atoms with Crippen LogP contribution in [-0.2, 0) is 38.3 Å². The molecule has 13 heteroatoms. The highest BCUT2D eigenvalue weighted by Crippen LogP contribution is 2.26. The lowest BCUT2D eigenvalue weighted by Crippen LogP contribution is -2.60. The quantitative estimate of drug-likeness (QED) is 0.0243. The van der Waals surface area contributed by atoms with E-state index in [1.165, 1.54) is 32.1 Å². The van der Waals surface area contributed by atoms with E-state index in [9.17, 15) is 28.5 Å². The van der Waals surface area contributed by atoms with Gasteiger partial charge in [0.15, 0.2) is 6.29 Å². The summed E-state index contributed by atoms with van der Waals surface area (Å²) < 4.78 is 58.7. The fourth-order valence-electron chi connectivity index (χ4n) is 5.54. The largest absolute Gasteiger partial charge is 0.457 e. The lowest BCUT2D eigenvalue weighted by molar-refractivity contribution is -0.301. The fourth-order valence-corrected chi connectivity index (χ4v) is 6.05. The van der Waals surface area contributed by atoms with Gasteiger partial charge < -0.3 is 34.3 Å². The molecule has 1 aliphatic heterocycles. The lowest BCUT2D eigenvalue weighted by Gasteiger charge is -2.41. The molecule has 52 heavy (non-hydrogen) atoms. The predicted octanol–water partition coefficient (Wildman–Crippen LogP) is 6.84. The number of ether oxygens (including phenoxy) is 4. The molecule has 0 aromatic heterocycles. The van der Waals surface area contributed by atoms with Crippen LogP contribution in [0.3, 0.4) is 0 Å². The average molecular weight is 761 g/mol. The van der Waals surface area contributed by atoms with Crippen LogP contribution in [0.1, 0.15) is 129 Å². The number of rotatable bonds is 32. The van der Waals surface area contributed by atoms with Crippen LogP contribution in [0.5, 0.6) is 0 Å². The van der Waals surface area contributed by atoms with Gasteiger partial charge in [-0.1, -0.05) is 120 Å². The molecule has 0 aromatic rings. The second kappa shape index (κ2) is 31.4. The van der Waals surface area contributed by atoms with Gasteiger partial charge in [-0.3, -0.25) is 9.35 Å². The number of hydrogen-bond acceptors (Lipinski definition) is 11. The van der Waals surface area contributed by atoms with Crippen molar-refractivity contribution in [3.05, 3.63) is 48.6 Å². The Labute approximate surface area is 313 Å². The molecule has 1 rings (SSSR count). The zero-order chi connectivity index (χ0) is 38.3. The molecule has 12 nitrogen and oxygen atoms in total.